The lowest BCUT2D eigenvalue weighted by atomic mass is 10.1. The van der Waals surface area contributed by atoms with Gasteiger partial charge in [0.05, 0.1) is 12.2 Å². The van der Waals surface area contributed by atoms with E-state index in [-0.39, 0.29) is 17.3 Å². The molecule has 1 aliphatic rings. The lowest BCUT2D eigenvalue weighted by Gasteiger charge is -2.35. The summed E-state index contributed by atoms with van der Waals surface area (Å²) in [4.78, 5) is 28.0. The number of rotatable bonds is 3. The van der Waals surface area contributed by atoms with Crippen molar-refractivity contribution < 1.29 is 0 Å². The quantitative estimate of drug-likeness (QED) is 0.931. The topological polar surface area (TPSA) is 59.3 Å². The van der Waals surface area contributed by atoms with Gasteiger partial charge in [-0.15, -0.1) is 11.3 Å². The molecule has 22 heavy (non-hydrogen) atoms. The molecule has 0 bridgehead atoms. The van der Waals surface area contributed by atoms with Crippen LogP contribution in [0.1, 0.15) is 29.8 Å². The van der Waals surface area contributed by atoms with Crippen molar-refractivity contribution in [1.29, 1.82) is 0 Å². The van der Waals surface area contributed by atoms with Gasteiger partial charge in [-0.05, 0) is 17.9 Å². The number of hydrogen-bond acceptors (Lipinski definition) is 5. The number of hydrogen-bond donors (Lipinski definition) is 1. The third kappa shape index (κ3) is 2.30. The molecule has 0 aliphatic carbocycles. The van der Waals surface area contributed by atoms with Crippen LogP contribution in [-0.4, -0.2) is 20.7 Å². The van der Waals surface area contributed by atoms with Gasteiger partial charge < -0.3 is 5.32 Å². The number of aromatic nitrogens is 2. The summed E-state index contributed by atoms with van der Waals surface area (Å²) in [6.45, 7) is 3.34. The molecule has 3 rings (SSSR count). The van der Waals surface area contributed by atoms with Gasteiger partial charge in [-0.25, -0.2) is 4.79 Å². The molecule has 0 saturated carbocycles. The fourth-order valence-corrected chi connectivity index (χ4v) is 4.00. The zero-order chi connectivity index (χ0) is 15.9. The molecule has 7 heteroatoms. The number of nitrogens with zero attached hydrogens (tertiary/aromatic N) is 3. The fraction of sp³-hybridized carbons (Fsp3) is 0.467. The summed E-state index contributed by atoms with van der Waals surface area (Å²) < 4.78 is 2.69. The van der Waals surface area contributed by atoms with E-state index in [1.54, 1.807) is 18.4 Å². The number of nitrogens with one attached hydrogen (secondary N) is 1. The first-order chi connectivity index (χ1) is 10.5. The maximum absolute atomic E-state index is 12.4. The molecule has 118 valence electrons. The van der Waals surface area contributed by atoms with Gasteiger partial charge in [0, 0.05) is 31.6 Å². The Balaban J connectivity index is 2.01. The highest BCUT2D eigenvalue weighted by Crippen LogP contribution is 2.31. The van der Waals surface area contributed by atoms with E-state index < -0.39 is 0 Å². The normalized spacial score (nSPS) is 16.1. The van der Waals surface area contributed by atoms with Crippen LogP contribution >= 0.6 is 11.3 Å². The second-order valence-corrected chi connectivity index (χ2v) is 6.53. The smallest absolute Gasteiger partial charge is 0.332 e. The average molecular weight is 320 g/mol. The molecule has 0 radical (unpaired) electrons. The maximum Gasteiger partial charge on any atom is 0.332 e. The summed E-state index contributed by atoms with van der Waals surface area (Å²) >= 11 is 1.74. The van der Waals surface area contributed by atoms with Crippen molar-refractivity contribution in [2.24, 2.45) is 14.1 Å². The van der Waals surface area contributed by atoms with Crippen molar-refractivity contribution in [3.05, 3.63) is 48.8 Å². The Kier molecular flexibility index (Phi) is 3.92. The van der Waals surface area contributed by atoms with Crippen molar-refractivity contribution in [1.82, 2.24) is 14.0 Å². The van der Waals surface area contributed by atoms with Gasteiger partial charge in [-0.2, -0.15) is 0 Å². The molecule has 2 aromatic rings. The van der Waals surface area contributed by atoms with Crippen LogP contribution in [0, 0.1) is 0 Å². The van der Waals surface area contributed by atoms with Crippen molar-refractivity contribution in [3.8, 4) is 0 Å². The first-order valence-electron chi connectivity index (χ1n) is 7.34. The minimum Gasteiger partial charge on any atom is -0.358 e. The molecule has 0 spiro atoms. The Morgan fingerprint density at radius 2 is 2.09 bits per heavy atom. The van der Waals surface area contributed by atoms with Crippen molar-refractivity contribution >= 4 is 17.2 Å². The Morgan fingerprint density at radius 3 is 2.73 bits per heavy atom. The van der Waals surface area contributed by atoms with Crippen molar-refractivity contribution in [2.45, 2.75) is 25.9 Å². The van der Waals surface area contributed by atoms with E-state index in [9.17, 15) is 9.59 Å². The maximum atomic E-state index is 12.4. The minimum absolute atomic E-state index is 0.212. The Labute approximate surface area is 132 Å². The molecule has 1 N–H and O–H groups in total. The molecule has 2 aromatic heterocycles. The molecule has 0 aromatic carbocycles. The van der Waals surface area contributed by atoms with Crippen LogP contribution < -0.4 is 16.6 Å². The fourth-order valence-electron chi connectivity index (χ4n) is 3.06. The van der Waals surface area contributed by atoms with Gasteiger partial charge in [-0.3, -0.25) is 18.8 Å². The van der Waals surface area contributed by atoms with Crippen LogP contribution in [0.2, 0.25) is 0 Å². The van der Waals surface area contributed by atoms with E-state index in [1.807, 2.05) is 0 Å². The van der Waals surface area contributed by atoms with Crippen molar-refractivity contribution in [2.75, 3.05) is 12.0 Å². The summed E-state index contributed by atoms with van der Waals surface area (Å²) in [5, 5.41) is 5.32. The Bertz CT molecular complexity index is 791. The van der Waals surface area contributed by atoms with Gasteiger partial charge in [0.25, 0.3) is 5.56 Å². The molecule has 1 unspecified atom stereocenters. The zero-order valence-corrected chi connectivity index (χ0v) is 13.8. The molecule has 3 heterocycles. The van der Waals surface area contributed by atoms with Crippen LogP contribution in [0.15, 0.2) is 27.1 Å². The second kappa shape index (κ2) is 5.73. The highest BCUT2D eigenvalue weighted by atomic mass is 32.1. The van der Waals surface area contributed by atoms with E-state index in [1.165, 1.54) is 21.1 Å². The van der Waals surface area contributed by atoms with Crippen molar-refractivity contribution in [3.63, 3.8) is 0 Å². The molecule has 1 atom stereocenters. The largest absolute Gasteiger partial charge is 0.358 e. The van der Waals surface area contributed by atoms with Crippen LogP contribution in [0.25, 0.3) is 0 Å². The third-order valence-corrected chi connectivity index (χ3v) is 5.24. The molecular formula is C15H20N4O2S. The highest BCUT2D eigenvalue weighted by Gasteiger charge is 2.28. The van der Waals surface area contributed by atoms with E-state index in [0.29, 0.717) is 24.6 Å². The summed E-state index contributed by atoms with van der Waals surface area (Å²) in [6.07, 6.45) is 0.976. The van der Waals surface area contributed by atoms with E-state index >= 15 is 0 Å². The van der Waals surface area contributed by atoms with Crippen LogP contribution in [0.3, 0.4) is 0 Å². The van der Waals surface area contributed by atoms with Gasteiger partial charge >= 0.3 is 5.69 Å². The number of thiophene rings is 1. The summed E-state index contributed by atoms with van der Waals surface area (Å²) in [5.41, 5.74) is 0.150. The second-order valence-electron chi connectivity index (χ2n) is 5.55. The monoisotopic (exact) mass is 320 g/mol. The highest BCUT2D eigenvalue weighted by molar-refractivity contribution is 7.10. The SMILES string of the molecule is CCC(c1cccs1)N1CNc2c(c(=O)n(C)c(=O)n2C)C1. The van der Waals surface area contributed by atoms with E-state index in [4.69, 9.17) is 0 Å². The molecular weight excluding hydrogens is 300 g/mol. The van der Waals surface area contributed by atoms with Crippen LogP contribution in [-0.2, 0) is 20.6 Å². The summed E-state index contributed by atoms with van der Waals surface area (Å²) in [5.74, 6) is 0.644. The molecule has 6 nitrogen and oxygen atoms in total. The third-order valence-electron chi connectivity index (χ3n) is 4.27. The van der Waals surface area contributed by atoms with Gasteiger partial charge in [-0.1, -0.05) is 13.0 Å². The van der Waals surface area contributed by atoms with E-state index in [0.717, 1.165) is 6.42 Å². The standard InChI is InChI=1S/C15H20N4O2S/c1-4-11(12-6-5-7-22-12)19-8-10-13(16-9-19)17(2)15(21)18(3)14(10)20/h5-7,11,16H,4,8-9H2,1-3H3. The van der Waals surface area contributed by atoms with Gasteiger partial charge in [0.1, 0.15) is 5.82 Å². The molecule has 0 saturated heterocycles. The lowest BCUT2D eigenvalue weighted by Crippen LogP contribution is -2.46. The predicted molar refractivity (Wildman–Crippen MR) is 88.3 cm³/mol. The number of fused-ring (bicyclic) bond motifs is 1. The Hall–Kier alpha value is -1.86. The Morgan fingerprint density at radius 1 is 1.32 bits per heavy atom. The van der Waals surface area contributed by atoms with Gasteiger partial charge in [0.15, 0.2) is 0 Å². The van der Waals surface area contributed by atoms with Crippen LogP contribution in [0.5, 0.6) is 0 Å². The predicted octanol–water partition coefficient (Wildman–Crippen LogP) is 1.48. The first-order valence-corrected chi connectivity index (χ1v) is 8.22. The zero-order valence-electron chi connectivity index (χ0n) is 13.0. The molecule has 1 aliphatic heterocycles. The van der Waals surface area contributed by atoms with Gasteiger partial charge in [0.2, 0.25) is 0 Å². The minimum atomic E-state index is -0.296. The van der Waals surface area contributed by atoms with Crippen LogP contribution in [0.4, 0.5) is 5.82 Å². The first kappa shape index (κ1) is 15.1. The average Bonchev–Trinajstić information content (AvgIpc) is 3.05. The molecule has 0 amide bonds. The summed E-state index contributed by atoms with van der Waals surface area (Å²) in [7, 11) is 3.22. The number of anilines is 1. The lowest BCUT2D eigenvalue weighted by molar-refractivity contribution is 0.190. The van der Waals surface area contributed by atoms with E-state index in [2.05, 4.69) is 34.7 Å². The summed E-state index contributed by atoms with van der Waals surface area (Å²) in [6, 6.07) is 4.46. The molecule has 0 fully saturated rings.